The van der Waals surface area contributed by atoms with Gasteiger partial charge in [0.05, 0.1) is 16.2 Å². The quantitative estimate of drug-likeness (QED) is 0.512. The highest BCUT2D eigenvalue weighted by atomic mass is 32.2. The first-order valence-corrected chi connectivity index (χ1v) is 10.6. The summed E-state index contributed by atoms with van der Waals surface area (Å²) in [5, 5.41) is 2.09. The van der Waals surface area contributed by atoms with Crippen LogP contribution in [-0.2, 0) is 9.59 Å². The predicted octanol–water partition coefficient (Wildman–Crippen LogP) is 5.88. The largest absolute Gasteiger partial charge is 0.272 e. The Kier molecular flexibility index (Phi) is 5.05. The molecule has 3 aromatic rings. The predicted molar refractivity (Wildman–Crippen MR) is 122 cm³/mol. The van der Waals surface area contributed by atoms with Crippen molar-refractivity contribution in [2.45, 2.75) is 32.9 Å². The average Bonchev–Trinajstić information content (AvgIpc) is 2.93. The number of rotatable bonds is 4. The Hall–Kier alpha value is -2.85. The van der Waals surface area contributed by atoms with Crippen LogP contribution in [-0.4, -0.2) is 17.1 Å². The minimum atomic E-state index is -0.252. The summed E-state index contributed by atoms with van der Waals surface area (Å²) in [5.41, 5.74) is 4.21. The highest BCUT2D eigenvalue weighted by Crippen LogP contribution is 2.41. The lowest BCUT2D eigenvalue weighted by Gasteiger charge is -2.18. The Morgan fingerprint density at radius 3 is 2.28 bits per heavy atom. The Morgan fingerprint density at radius 1 is 0.828 bits per heavy atom. The zero-order valence-electron chi connectivity index (χ0n) is 17.0. The molecule has 0 unspecified atom stereocenters. The smallest absolute Gasteiger partial charge is 0.268 e. The molecule has 4 rings (SSSR count). The van der Waals surface area contributed by atoms with E-state index in [0.717, 1.165) is 27.5 Å². The van der Waals surface area contributed by atoms with E-state index in [0.29, 0.717) is 16.2 Å². The van der Waals surface area contributed by atoms with Gasteiger partial charge in [-0.15, -0.1) is 11.8 Å². The fourth-order valence-corrected chi connectivity index (χ4v) is 4.61. The van der Waals surface area contributed by atoms with E-state index < -0.39 is 0 Å². The maximum Gasteiger partial charge on any atom is 0.272 e. The first kappa shape index (κ1) is 19.5. The molecular formula is C25H23NO2S. The number of fused-ring (bicyclic) bond motifs is 1. The summed E-state index contributed by atoms with van der Waals surface area (Å²) in [6.45, 7) is 8.14. The molecule has 4 heteroatoms. The van der Waals surface area contributed by atoms with Crippen molar-refractivity contribution in [1.82, 2.24) is 0 Å². The standard InChI is InChI=1S/C25H23NO2S/c1-15(2)29-23-22(19-13-12-16(3)17(4)14-19)24(27)26(25(23)28)21-11-7-9-18-8-5-6-10-20(18)21/h5-15H,1-4H3. The molecule has 0 radical (unpaired) electrons. The van der Waals surface area contributed by atoms with Gasteiger partial charge < -0.3 is 0 Å². The van der Waals surface area contributed by atoms with Crippen LogP contribution in [0.5, 0.6) is 0 Å². The van der Waals surface area contributed by atoms with E-state index in [-0.39, 0.29) is 17.1 Å². The maximum absolute atomic E-state index is 13.6. The van der Waals surface area contributed by atoms with Crippen LogP contribution in [0.15, 0.2) is 65.6 Å². The van der Waals surface area contributed by atoms with E-state index in [9.17, 15) is 9.59 Å². The number of hydrogen-bond donors (Lipinski definition) is 0. The molecule has 2 amide bonds. The molecule has 0 atom stereocenters. The Morgan fingerprint density at radius 2 is 1.55 bits per heavy atom. The number of hydrogen-bond acceptors (Lipinski definition) is 3. The molecule has 0 bridgehead atoms. The van der Waals surface area contributed by atoms with Gasteiger partial charge in [0.2, 0.25) is 0 Å². The van der Waals surface area contributed by atoms with Gasteiger partial charge in [0.15, 0.2) is 0 Å². The van der Waals surface area contributed by atoms with Crippen LogP contribution in [0.2, 0.25) is 0 Å². The third kappa shape index (κ3) is 3.38. The first-order valence-electron chi connectivity index (χ1n) is 9.73. The summed E-state index contributed by atoms with van der Waals surface area (Å²) in [5.74, 6) is -0.490. The lowest BCUT2D eigenvalue weighted by molar-refractivity contribution is -0.119. The number of anilines is 1. The molecule has 1 aliphatic heterocycles. The minimum absolute atomic E-state index is 0.191. The van der Waals surface area contributed by atoms with Crippen molar-refractivity contribution in [3.05, 3.63) is 82.3 Å². The summed E-state index contributed by atoms with van der Waals surface area (Å²) in [6, 6.07) is 19.5. The maximum atomic E-state index is 13.6. The number of carbonyl (C=O) groups is 2. The Balaban J connectivity index is 1.89. The molecule has 0 aromatic heterocycles. The molecule has 3 nitrogen and oxygen atoms in total. The first-order chi connectivity index (χ1) is 13.9. The second-order valence-electron chi connectivity index (χ2n) is 7.61. The molecule has 1 aliphatic rings. The lowest BCUT2D eigenvalue weighted by atomic mass is 10.0. The van der Waals surface area contributed by atoms with E-state index in [1.165, 1.54) is 16.7 Å². The number of benzene rings is 3. The van der Waals surface area contributed by atoms with E-state index in [1.54, 1.807) is 0 Å². The molecular weight excluding hydrogens is 378 g/mol. The summed E-state index contributed by atoms with van der Waals surface area (Å²) in [6.07, 6.45) is 0. The van der Waals surface area contributed by atoms with Gasteiger partial charge in [0, 0.05) is 10.6 Å². The monoisotopic (exact) mass is 401 g/mol. The van der Waals surface area contributed by atoms with Gasteiger partial charge in [-0.1, -0.05) is 68.4 Å². The van der Waals surface area contributed by atoms with Crippen molar-refractivity contribution in [1.29, 1.82) is 0 Å². The van der Waals surface area contributed by atoms with Crippen LogP contribution < -0.4 is 4.90 Å². The molecule has 0 saturated heterocycles. The van der Waals surface area contributed by atoms with E-state index >= 15 is 0 Å². The molecule has 146 valence electrons. The van der Waals surface area contributed by atoms with Crippen LogP contribution in [0.25, 0.3) is 16.3 Å². The van der Waals surface area contributed by atoms with Crippen molar-refractivity contribution in [3.63, 3.8) is 0 Å². The average molecular weight is 402 g/mol. The molecule has 29 heavy (non-hydrogen) atoms. The van der Waals surface area contributed by atoms with Crippen LogP contribution >= 0.6 is 11.8 Å². The molecule has 1 heterocycles. The van der Waals surface area contributed by atoms with Gasteiger partial charge in [0.25, 0.3) is 11.8 Å². The number of thioether (sulfide) groups is 1. The van der Waals surface area contributed by atoms with Crippen molar-refractivity contribution in [2.24, 2.45) is 0 Å². The van der Waals surface area contributed by atoms with Gasteiger partial charge in [-0.25, -0.2) is 4.90 Å². The van der Waals surface area contributed by atoms with Gasteiger partial charge in [-0.3, -0.25) is 9.59 Å². The van der Waals surface area contributed by atoms with Gasteiger partial charge >= 0.3 is 0 Å². The van der Waals surface area contributed by atoms with Crippen LogP contribution in [0, 0.1) is 13.8 Å². The topological polar surface area (TPSA) is 37.4 Å². The third-order valence-corrected chi connectivity index (χ3v) is 6.28. The summed E-state index contributed by atoms with van der Waals surface area (Å²) in [7, 11) is 0. The summed E-state index contributed by atoms with van der Waals surface area (Å²) in [4.78, 5) is 28.9. The molecule has 3 aromatic carbocycles. The Bertz CT molecular complexity index is 1170. The molecule has 0 saturated carbocycles. The van der Waals surface area contributed by atoms with Crippen molar-refractivity contribution < 1.29 is 9.59 Å². The zero-order valence-corrected chi connectivity index (χ0v) is 17.8. The van der Waals surface area contributed by atoms with Crippen molar-refractivity contribution in [3.8, 4) is 0 Å². The van der Waals surface area contributed by atoms with Crippen LogP contribution in [0.1, 0.15) is 30.5 Å². The molecule has 0 spiro atoms. The van der Waals surface area contributed by atoms with Gasteiger partial charge in [0.1, 0.15) is 0 Å². The third-order valence-electron chi connectivity index (χ3n) is 5.20. The summed E-state index contributed by atoms with van der Waals surface area (Å²) >= 11 is 1.46. The van der Waals surface area contributed by atoms with Crippen LogP contribution in [0.3, 0.4) is 0 Å². The van der Waals surface area contributed by atoms with E-state index in [4.69, 9.17) is 0 Å². The second-order valence-corrected chi connectivity index (χ2v) is 9.20. The van der Waals surface area contributed by atoms with Crippen LogP contribution in [0.4, 0.5) is 5.69 Å². The molecule has 0 fully saturated rings. The number of carbonyl (C=O) groups excluding carboxylic acids is 2. The molecule has 0 aliphatic carbocycles. The van der Waals surface area contributed by atoms with E-state index in [1.807, 2.05) is 88.4 Å². The lowest BCUT2D eigenvalue weighted by Crippen LogP contribution is -2.31. The number of nitrogens with zero attached hydrogens (tertiary/aromatic N) is 1. The van der Waals surface area contributed by atoms with E-state index in [2.05, 4.69) is 0 Å². The number of imide groups is 1. The SMILES string of the molecule is Cc1ccc(C2=C(SC(C)C)C(=O)N(c3cccc4ccccc34)C2=O)cc1C. The molecule has 0 N–H and O–H groups in total. The zero-order chi connectivity index (χ0) is 20.7. The minimum Gasteiger partial charge on any atom is -0.268 e. The Labute approximate surface area is 175 Å². The number of amides is 2. The van der Waals surface area contributed by atoms with Crippen molar-refractivity contribution >= 4 is 45.6 Å². The van der Waals surface area contributed by atoms with Gasteiger partial charge in [-0.05, 0) is 42.0 Å². The number of aryl methyl sites for hydroxylation is 2. The second kappa shape index (κ2) is 7.53. The fourth-order valence-electron chi connectivity index (χ4n) is 3.63. The normalized spacial score (nSPS) is 14.6. The fraction of sp³-hybridized carbons (Fsp3) is 0.200. The highest BCUT2D eigenvalue weighted by molar-refractivity contribution is 8.04. The van der Waals surface area contributed by atoms with Gasteiger partial charge in [-0.2, -0.15) is 0 Å². The highest BCUT2D eigenvalue weighted by Gasteiger charge is 2.41. The summed E-state index contributed by atoms with van der Waals surface area (Å²) < 4.78 is 0. The van der Waals surface area contributed by atoms with Crippen molar-refractivity contribution in [2.75, 3.05) is 4.90 Å².